The average molecular weight is 313 g/mol. The van der Waals surface area contributed by atoms with Crippen LogP contribution in [0.15, 0.2) is 29.2 Å². The van der Waals surface area contributed by atoms with Gasteiger partial charge in [-0.15, -0.1) is 0 Å². The summed E-state index contributed by atoms with van der Waals surface area (Å²) in [6, 6.07) is 5.69. The first-order valence-electron chi connectivity index (χ1n) is 6.68. The Labute approximate surface area is 126 Å². The number of hydrogen-bond donors (Lipinski definition) is 1. The minimum atomic E-state index is -3.60. The molecule has 0 aliphatic rings. The Morgan fingerprint density at radius 2 is 1.48 bits per heavy atom. The molecule has 0 saturated heterocycles. The summed E-state index contributed by atoms with van der Waals surface area (Å²) in [5.41, 5.74) is -0.835. The number of carbonyl (C=O) groups is 1. The van der Waals surface area contributed by atoms with Gasteiger partial charge in [0.15, 0.2) is 0 Å². The number of ether oxygens (including phenoxy) is 1. The number of benzene rings is 1. The van der Waals surface area contributed by atoms with Gasteiger partial charge < -0.3 is 4.74 Å². The second-order valence-electron chi connectivity index (χ2n) is 6.88. The molecule has 0 amide bonds. The van der Waals surface area contributed by atoms with Crippen molar-refractivity contribution in [3.05, 3.63) is 29.8 Å². The maximum atomic E-state index is 12.1. The van der Waals surface area contributed by atoms with Crippen LogP contribution in [0.4, 0.5) is 0 Å². The molecule has 0 radical (unpaired) electrons. The summed E-state index contributed by atoms with van der Waals surface area (Å²) in [5.74, 6) is -0.477. The highest BCUT2D eigenvalue weighted by Crippen LogP contribution is 2.16. The summed E-state index contributed by atoms with van der Waals surface area (Å²) in [7, 11) is -3.60. The zero-order valence-electron chi connectivity index (χ0n) is 13.4. The van der Waals surface area contributed by atoms with Gasteiger partial charge in [0.25, 0.3) is 0 Å². The number of nitrogens with one attached hydrogen (secondary N) is 1. The highest BCUT2D eigenvalue weighted by Gasteiger charge is 2.23. The van der Waals surface area contributed by atoms with E-state index in [2.05, 4.69) is 4.72 Å². The third-order valence-corrected chi connectivity index (χ3v) is 4.01. The molecule has 5 nitrogen and oxygen atoms in total. The summed E-state index contributed by atoms with van der Waals surface area (Å²) in [6.07, 6.45) is 0. The van der Waals surface area contributed by atoms with Crippen molar-refractivity contribution in [2.24, 2.45) is 0 Å². The summed E-state index contributed by atoms with van der Waals surface area (Å²) >= 11 is 0. The van der Waals surface area contributed by atoms with E-state index < -0.39 is 27.1 Å². The van der Waals surface area contributed by atoms with Gasteiger partial charge in [0.05, 0.1) is 10.5 Å². The Kier molecular flexibility index (Phi) is 4.85. The summed E-state index contributed by atoms with van der Waals surface area (Å²) in [4.78, 5) is 12.0. The molecule has 118 valence electrons. The molecule has 0 aliphatic heterocycles. The Balaban J connectivity index is 2.96. The standard InChI is InChI=1S/C15H23NO4S/c1-14(2,3)16-21(18,19)12-9-7-11(8-10-12)13(17)20-15(4,5)6/h7-10,16H,1-6H3. The summed E-state index contributed by atoms with van der Waals surface area (Å²) < 4.78 is 32.0. The molecule has 1 aromatic rings. The predicted molar refractivity (Wildman–Crippen MR) is 81.7 cm³/mol. The Hall–Kier alpha value is -1.40. The quantitative estimate of drug-likeness (QED) is 0.871. The maximum Gasteiger partial charge on any atom is 0.338 e. The third kappa shape index (κ3) is 5.85. The SMILES string of the molecule is CC(C)(C)NS(=O)(=O)c1ccc(C(=O)OC(C)(C)C)cc1. The van der Waals surface area contributed by atoms with Crippen molar-refractivity contribution in [3.63, 3.8) is 0 Å². The summed E-state index contributed by atoms with van der Waals surface area (Å²) in [5, 5.41) is 0. The van der Waals surface area contributed by atoms with E-state index in [1.54, 1.807) is 41.5 Å². The van der Waals surface area contributed by atoms with Crippen LogP contribution in [-0.2, 0) is 14.8 Å². The molecule has 21 heavy (non-hydrogen) atoms. The minimum absolute atomic E-state index is 0.115. The molecule has 0 unspecified atom stereocenters. The maximum absolute atomic E-state index is 12.1. The molecule has 0 bridgehead atoms. The van der Waals surface area contributed by atoms with Gasteiger partial charge in [0.1, 0.15) is 5.60 Å². The van der Waals surface area contributed by atoms with Crippen molar-refractivity contribution in [1.29, 1.82) is 0 Å². The van der Waals surface area contributed by atoms with Crippen LogP contribution in [0.2, 0.25) is 0 Å². The zero-order chi connectivity index (χ0) is 16.5. The van der Waals surface area contributed by atoms with Crippen LogP contribution in [0.25, 0.3) is 0 Å². The first-order chi connectivity index (χ1) is 9.30. The Morgan fingerprint density at radius 3 is 1.86 bits per heavy atom. The van der Waals surface area contributed by atoms with Crippen LogP contribution >= 0.6 is 0 Å². The molecule has 1 aromatic carbocycles. The lowest BCUT2D eigenvalue weighted by molar-refractivity contribution is 0.00694. The van der Waals surface area contributed by atoms with E-state index in [9.17, 15) is 13.2 Å². The Morgan fingerprint density at radius 1 is 1.00 bits per heavy atom. The van der Waals surface area contributed by atoms with E-state index in [1.807, 2.05) is 0 Å². The molecule has 1 N–H and O–H groups in total. The molecule has 6 heteroatoms. The monoisotopic (exact) mass is 313 g/mol. The summed E-state index contributed by atoms with van der Waals surface area (Å²) in [6.45, 7) is 10.6. The van der Waals surface area contributed by atoms with Gasteiger partial charge in [-0.3, -0.25) is 0 Å². The van der Waals surface area contributed by atoms with Gasteiger partial charge in [0, 0.05) is 5.54 Å². The number of rotatable bonds is 3. The number of hydrogen-bond acceptors (Lipinski definition) is 4. The normalized spacial score (nSPS) is 13.0. The van der Waals surface area contributed by atoms with E-state index in [0.717, 1.165) is 0 Å². The van der Waals surface area contributed by atoms with E-state index in [0.29, 0.717) is 5.56 Å². The fourth-order valence-electron chi connectivity index (χ4n) is 1.57. The van der Waals surface area contributed by atoms with Crippen molar-refractivity contribution >= 4 is 16.0 Å². The van der Waals surface area contributed by atoms with Crippen molar-refractivity contribution in [3.8, 4) is 0 Å². The van der Waals surface area contributed by atoms with Crippen molar-refractivity contribution in [2.45, 2.75) is 57.6 Å². The van der Waals surface area contributed by atoms with E-state index in [-0.39, 0.29) is 4.90 Å². The van der Waals surface area contributed by atoms with Gasteiger partial charge in [-0.05, 0) is 65.8 Å². The van der Waals surface area contributed by atoms with Crippen molar-refractivity contribution < 1.29 is 17.9 Å². The molecule has 0 aromatic heterocycles. The first-order valence-corrected chi connectivity index (χ1v) is 8.16. The van der Waals surface area contributed by atoms with Crippen LogP contribution < -0.4 is 4.72 Å². The first kappa shape index (κ1) is 17.7. The Bertz CT molecular complexity index is 605. The van der Waals surface area contributed by atoms with Gasteiger partial charge in [-0.2, -0.15) is 0 Å². The number of esters is 1. The lowest BCUT2D eigenvalue weighted by atomic mass is 10.1. The molecular weight excluding hydrogens is 290 g/mol. The van der Waals surface area contributed by atoms with Gasteiger partial charge in [0.2, 0.25) is 10.0 Å². The molecule has 0 atom stereocenters. The predicted octanol–water partition coefficient (Wildman–Crippen LogP) is 2.72. The molecule has 1 rings (SSSR count). The fourth-order valence-corrected chi connectivity index (χ4v) is 2.99. The number of sulfonamides is 1. The van der Waals surface area contributed by atoms with Crippen molar-refractivity contribution in [1.82, 2.24) is 4.72 Å². The van der Waals surface area contributed by atoms with E-state index >= 15 is 0 Å². The minimum Gasteiger partial charge on any atom is -0.456 e. The zero-order valence-corrected chi connectivity index (χ0v) is 14.2. The van der Waals surface area contributed by atoms with Crippen LogP contribution in [0.3, 0.4) is 0 Å². The lowest BCUT2D eigenvalue weighted by Gasteiger charge is -2.21. The van der Waals surface area contributed by atoms with Crippen LogP contribution in [0.1, 0.15) is 51.9 Å². The molecule has 0 aliphatic carbocycles. The average Bonchev–Trinajstić information content (AvgIpc) is 2.23. The highest BCUT2D eigenvalue weighted by atomic mass is 32.2. The molecule has 0 heterocycles. The van der Waals surface area contributed by atoms with Crippen LogP contribution in [0.5, 0.6) is 0 Å². The van der Waals surface area contributed by atoms with Gasteiger partial charge >= 0.3 is 5.97 Å². The topological polar surface area (TPSA) is 72.5 Å². The lowest BCUT2D eigenvalue weighted by Crippen LogP contribution is -2.40. The largest absolute Gasteiger partial charge is 0.456 e. The molecule has 0 spiro atoms. The van der Waals surface area contributed by atoms with Crippen LogP contribution in [-0.4, -0.2) is 25.5 Å². The number of carbonyl (C=O) groups excluding carboxylic acids is 1. The second-order valence-corrected chi connectivity index (χ2v) is 8.56. The smallest absolute Gasteiger partial charge is 0.338 e. The van der Waals surface area contributed by atoms with Gasteiger partial charge in [-0.1, -0.05) is 0 Å². The van der Waals surface area contributed by atoms with E-state index in [4.69, 9.17) is 4.74 Å². The van der Waals surface area contributed by atoms with Gasteiger partial charge in [-0.25, -0.2) is 17.9 Å². The third-order valence-electron chi connectivity index (χ3n) is 2.24. The van der Waals surface area contributed by atoms with Crippen LogP contribution in [0, 0.1) is 0 Å². The van der Waals surface area contributed by atoms with E-state index in [1.165, 1.54) is 24.3 Å². The van der Waals surface area contributed by atoms with Crippen molar-refractivity contribution in [2.75, 3.05) is 0 Å². The highest BCUT2D eigenvalue weighted by molar-refractivity contribution is 7.89. The fraction of sp³-hybridized carbons (Fsp3) is 0.533. The molecular formula is C15H23NO4S. The molecule has 0 fully saturated rings. The second kappa shape index (κ2) is 5.77. The molecule has 0 saturated carbocycles.